The van der Waals surface area contributed by atoms with Gasteiger partial charge in [-0.15, -0.1) is 0 Å². The molecule has 1 aromatic carbocycles. The summed E-state index contributed by atoms with van der Waals surface area (Å²) in [7, 11) is 1.73. The van der Waals surface area contributed by atoms with Crippen LogP contribution in [0.15, 0.2) is 12.1 Å². The van der Waals surface area contributed by atoms with Crippen LogP contribution in [0.2, 0.25) is 0 Å². The molecule has 9 heteroatoms. The summed E-state index contributed by atoms with van der Waals surface area (Å²) >= 11 is 0. The van der Waals surface area contributed by atoms with Crippen LogP contribution in [0.25, 0.3) is 22.6 Å². The molecule has 0 spiro atoms. The Morgan fingerprint density at radius 3 is 3.03 bits per heavy atom. The number of nitrogens with one attached hydrogen (secondary N) is 2. The van der Waals surface area contributed by atoms with Gasteiger partial charge in [-0.1, -0.05) is 6.92 Å². The third kappa shape index (κ3) is 3.61. The summed E-state index contributed by atoms with van der Waals surface area (Å²) in [5.41, 5.74) is 6.74. The number of imidazole rings is 1. The number of carbonyl (C=O) groups is 2. The number of hydrogen-bond donors (Lipinski definition) is 2. The van der Waals surface area contributed by atoms with Gasteiger partial charge in [0.05, 0.1) is 17.6 Å². The number of aryl methyl sites for hydroxylation is 2. The van der Waals surface area contributed by atoms with Crippen molar-refractivity contribution in [2.24, 2.45) is 5.92 Å². The van der Waals surface area contributed by atoms with E-state index in [1.54, 1.807) is 11.9 Å². The molecule has 1 unspecified atom stereocenters. The predicted octanol–water partition coefficient (Wildman–Crippen LogP) is 3.19. The molecule has 2 N–H and O–H groups in total. The lowest BCUT2D eigenvalue weighted by Gasteiger charge is -2.28. The maximum atomic E-state index is 12.9. The number of likely N-dealkylation sites (N-methyl/N-ethyl adjacent to an activating group) is 1. The molecule has 168 valence electrons. The fourth-order valence-electron chi connectivity index (χ4n) is 4.64. The average Bonchev–Trinajstić information content (AvgIpc) is 3.37. The highest BCUT2D eigenvalue weighted by Crippen LogP contribution is 2.33. The number of cyclic esters (lactones) is 1. The first kappa shape index (κ1) is 20.5. The molecule has 1 aliphatic heterocycles. The third-order valence-corrected chi connectivity index (χ3v) is 6.53. The molecule has 1 saturated heterocycles. The number of rotatable bonds is 4. The number of hydrogen-bond acceptors (Lipinski definition) is 5. The first-order chi connectivity index (χ1) is 15.4. The van der Waals surface area contributed by atoms with Gasteiger partial charge < -0.3 is 14.6 Å². The SMILES string of the molecule is Cc1cc2[nH]c(-c3n[nH]c4c3CC(C)CC4)nc2cc1N(C)C(=O)CN1CCCOC1=O. The molecule has 3 aromatic rings. The van der Waals surface area contributed by atoms with Gasteiger partial charge in [0.2, 0.25) is 5.91 Å². The number of aromatic nitrogens is 4. The molecule has 3 heterocycles. The van der Waals surface area contributed by atoms with Crippen LogP contribution >= 0.6 is 0 Å². The Bertz CT molecular complexity index is 1200. The molecule has 0 bridgehead atoms. The van der Waals surface area contributed by atoms with Crippen LogP contribution in [0.3, 0.4) is 0 Å². The number of nitrogens with zero attached hydrogens (tertiary/aromatic N) is 4. The van der Waals surface area contributed by atoms with Gasteiger partial charge in [-0.05, 0) is 56.2 Å². The van der Waals surface area contributed by atoms with E-state index in [1.807, 2.05) is 19.1 Å². The zero-order valence-electron chi connectivity index (χ0n) is 18.7. The third-order valence-electron chi connectivity index (χ3n) is 6.53. The van der Waals surface area contributed by atoms with Gasteiger partial charge in [0, 0.05) is 30.5 Å². The molecule has 32 heavy (non-hydrogen) atoms. The van der Waals surface area contributed by atoms with E-state index in [0.717, 1.165) is 53.1 Å². The number of fused-ring (bicyclic) bond motifs is 2. The van der Waals surface area contributed by atoms with E-state index >= 15 is 0 Å². The van der Waals surface area contributed by atoms with E-state index in [2.05, 4.69) is 22.1 Å². The van der Waals surface area contributed by atoms with Crippen molar-refractivity contribution >= 4 is 28.7 Å². The van der Waals surface area contributed by atoms with E-state index in [-0.39, 0.29) is 12.5 Å². The highest BCUT2D eigenvalue weighted by Gasteiger charge is 2.26. The summed E-state index contributed by atoms with van der Waals surface area (Å²) in [6, 6.07) is 3.92. The Kier molecular flexibility index (Phi) is 5.11. The van der Waals surface area contributed by atoms with Crippen molar-refractivity contribution < 1.29 is 14.3 Å². The Labute approximate surface area is 186 Å². The average molecular weight is 437 g/mol. The van der Waals surface area contributed by atoms with Crippen molar-refractivity contribution in [1.82, 2.24) is 25.1 Å². The van der Waals surface area contributed by atoms with Gasteiger partial charge in [0.15, 0.2) is 5.82 Å². The fraction of sp³-hybridized carbons (Fsp3) is 0.478. The first-order valence-corrected chi connectivity index (χ1v) is 11.2. The Hall–Kier alpha value is -3.36. The lowest BCUT2D eigenvalue weighted by Crippen LogP contribution is -2.45. The number of amides is 2. The highest BCUT2D eigenvalue weighted by atomic mass is 16.6. The molecule has 2 aromatic heterocycles. The molecule has 2 amide bonds. The normalized spacial score (nSPS) is 18.5. The zero-order chi connectivity index (χ0) is 22.4. The van der Waals surface area contributed by atoms with E-state index in [9.17, 15) is 9.59 Å². The number of benzene rings is 1. The van der Waals surface area contributed by atoms with Crippen LogP contribution in [0, 0.1) is 12.8 Å². The maximum Gasteiger partial charge on any atom is 0.410 e. The number of anilines is 1. The summed E-state index contributed by atoms with van der Waals surface area (Å²) < 4.78 is 5.04. The van der Waals surface area contributed by atoms with Gasteiger partial charge >= 0.3 is 6.09 Å². The molecule has 1 atom stereocenters. The monoisotopic (exact) mass is 436 g/mol. The van der Waals surface area contributed by atoms with E-state index < -0.39 is 6.09 Å². The Balaban J connectivity index is 1.42. The highest BCUT2D eigenvalue weighted by molar-refractivity contribution is 5.98. The molecule has 2 aliphatic rings. The van der Waals surface area contributed by atoms with Crippen LogP contribution in [0.4, 0.5) is 10.5 Å². The van der Waals surface area contributed by atoms with Crippen molar-refractivity contribution in [3.05, 3.63) is 29.0 Å². The lowest BCUT2D eigenvalue weighted by atomic mass is 9.88. The Morgan fingerprint density at radius 1 is 1.38 bits per heavy atom. The fourth-order valence-corrected chi connectivity index (χ4v) is 4.64. The van der Waals surface area contributed by atoms with E-state index in [0.29, 0.717) is 19.1 Å². The quantitative estimate of drug-likeness (QED) is 0.653. The van der Waals surface area contributed by atoms with E-state index in [4.69, 9.17) is 9.72 Å². The molecule has 5 rings (SSSR count). The van der Waals surface area contributed by atoms with Gasteiger partial charge in [0.1, 0.15) is 12.2 Å². The molecule has 0 saturated carbocycles. The van der Waals surface area contributed by atoms with Gasteiger partial charge in [-0.3, -0.25) is 14.8 Å². The lowest BCUT2D eigenvalue weighted by molar-refractivity contribution is -0.119. The van der Waals surface area contributed by atoms with Gasteiger partial charge in [-0.25, -0.2) is 9.78 Å². The molecular formula is C23H28N6O3. The maximum absolute atomic E-state index is 12.9. The molecule has 1 aliphatic carbocycles. The summed E-state index contributed by atoms with van der Waals surface area (Å²) in [6.45, 7) is 5.17. The van der Waals surface area contributed by atoms with Gasteiger partial charge in [-0.2, -0.15) is 5.10 Å². The van der Waals surface area contributed by atoms with Crippen molar-refractivity contribution in [2.75, 3.05) is 31.6 Å². The summed E-state index contributed by atoms with van der Waals surface area (Å²) in [6.07, 6.45) is 3.49. The summed E-state index contributed by atoms with van der Waals surface area (Å²) in [4.78, 5) is 36.0. The largest absolute Gasteiger partial charge is 0.449 e. The smallest absolute Gasteiger partial charge is 0.410 e. The van der Waals surface area contributed by atoms with Crippen LogP contribution in [0.5, 0.6) is 0 Å². The standard InChI is InChI=1S/C23H28N6O3/c1-13-5-6-16-15(9-13)21(27-26-16)22-24-17-10-14(2)19(11-18(17)25-22)28(3)20(30)12-29-7-4-8-32-23(29)31/h10-11,13H,4-9,12H2,1-3H3,(H,24,25)(H,26,27). The topological polar surface area (TPSA) is 107 Å². The molecule has 1 fully saturated rings. The minimum Gasteiger partial charge on any atom is -0.449 e. The molecule has 9 nitrogen and oxygen atoms in total. The van der Waals surface area contributed by atoms with Crippen molar-refractivity contribution in [3.8, 4) is 11.5 Å². The number of ether oxygens (including phenoxy) is 1. The molecule has 0 radical (unpaired) electrons. The second-order valence-electron chi connectivity index (χ2n) is 8.96. The first-order valence-electron chi connectivity index (χ1n) is 11.2. The summed E-state index contributed by atoms with van der Waals surface area (Å²) in [5, 5.41) is 7.73. The van der Waals surface area contributed by atoms with Crippen molar-refractivity contribution in [3.63, 3.8) is 0 Å². The van der Waals surface area contributed by atoms with Crippen molar-refractivity contribution in [2.45, 2.75) is 39.5 Å². The van der Waals surface area contributed by atoms with Crippen LogP contribution in [-0.4, -0.2) is 63.8 Å². The zero-order valence-corrected chi connectivity index (χ0v) is 18.7. The number of H-pyrrole nitrogens is 2. The minimum absolute atomic E-state index is 0.00375. The van der Waals surface area contributed by atoms with E-state index in [1.165, 1.54) is 22.6 Å². The number of aromatic amines is 2. The van der Waals surface area contributed by atoms with Crippen molar-refractivity contribution in [1.29, 1.82) is 0 Å². The van der Waals surface area contributed by atoms with Crippen LogP contribution in [-0.2, 0) is 22.4 Å². The van der Waals surface area contributed by atoms with Gasteiger partial charge in [0.25, 0.3) is 0 Å². The van der Waals surface area contributed by atoms with Crippen LogP contribution < -0.4 is 4.90 Å². The number of carbonyl (C=O) groups excluding carboxylic acids is 2. The molecular weight excluding hydrogens is 408 g/mol. The van der Waals surface area contributed by atoms with Crippen LogP contribution in [0.1, 0.15) is 36.6 Å². The summed E-state index contributed by atoms with van der Waals surface area (Å²) in [5.74, 6) is 1.21. The predicted molar refractivity (Wildman–Crippen MR) is 121 cm³/mol. The minimum atomic E-state index is -0.432. The Morgan fingerprint density at radius 2 is 2.22 bits per heavy atom. The second-order valence-corrected chi connectivity index (χ2v) is 8.96. The second kappa shape index (κ2) is 7.96.